The second-order valence-corrected chi connectivity index (χ2v) is 5.08. The number of aliphatic hydroxyl groups is 1. The molecule has 0 saturated carbocycles. The van der Waals surface area contributed by atoms with Gasteiger partial charge in [-0.2, -0.15) is 13.2 Å². The molecule has 0 bridgehead atoms. The van der Waals surface area contributed by atoms with E-state index in [0.29, 0.717) is 12.3 Å². The molecule has 1 aromatic rings. The molecule has 4 nitrogen and oxygen atoms in total. The topological polar surface area (TPSA) is 58.0 Å². The number of alkyl halides is 3. The summed E-state index contributed by atoms with van der Waals surface area (Å²) in [5.41, 5.74) is 0. The summed E-state index contributed by atoms with van der Waals surface area (Å²) < 4.78 is 38.0. The van der Waals surface area contributed by atoms with E-state index < -0.39 is 12.0 Å². The van der Waals surface area contributed by atoms with Gasteiger partial charge in [-0.15, -0.1) is 11.8 Å². The third-order valence-corrected chi connectivity index (χ3v) is 3.38. The van der Waals surface area contributed by atoms with Crippen LogP contribution in [0.4, 0.5) is 19.0 Å². The van der Waals surface area contributed by atoms with Crippen molar-refractivity contribution in [2.75, 3.05) is 24.2 Å². The Morgan fingerprint density at radius 3 is 2.63 bits per heavy atom. The van der Waals surface area contributed by atoms with Crippen molar-refractivity contribution in [2.24, 2.45) is 5.92 Å². The van der Waals surface area contributed by atoms with Crippen molar-refractivity contribution < 1.29 is 18.3 Å². The van der Waals surface area contributed by atoms with Gasteiger partial charge in [-0.05, 0) is 12.8 Å². The highest BCUT2D eigenvalue weighted by molar-refractivity contribution is 7.99. The van der Waals surface area contributed by atoms with Crippen LogP contribution < -0.4 is 5.32 Å². The summed E-state index contributed by atoms with van der Waals surface area (Å²) in [5.74, 6) is -0.498. The minimum atomic E-state index is -4.57. The van der Waals surface area contributed by atoms with Gasteiger partial charge >= 0.3 is 6.18 Å². The van der Waals surface area contributed by atoms with Crippen molar-refractivity contribution in [3.8, 4) is 0 Å². The van der Waals surface area contributed by atoms with Gasteiger partial charge in [0.05, 0.1) is 0 Å². The molecule has 0 radical (unpaired) electrons. The zero-order valence-corrected chi connectivity index (χ0v) is 11.5. The van der Waals surface area contributed by atoms with Gasteiger partial charge in [0.2, 0.25) is 5.82 Å². The first-order valence-electron chi connectivity index (χ1n) is 5.80. The Morgan fingerprint density at radius 1 is 1.42 bits per heavy atom. The Morgan fingerprint density at radius 2 is 2.11 bits per heavy atom. The van der Waals surface area contributed by atoms with Gasteiger partial charge in [-0.3, -0.25) is 0 Å². The minimum Gasteiger partial charge on any atom is -0.396 e. The fourth-order valence-corrected chi connectivity index (χ4v) is 2.08. The molecule has 0 aliphatic carbocycles. The van der Waals surface area contributed by atoms with E-state index in [1.807, 2.05) is 6.92 Å². The molecular formula is C11H16F3N3OS. The maximum Gasteiger partial charge on any atom is 0.451 e. The quantitative estimate of drug-likeness (QED) is 0.624. The summed E-state index contributed by atoms with van der Waals surface area (Å²) in [6, 6.07) is 1.48. The average molecular weight is 295 g/mol. The normalized spacial score (nSPS) is 13.4. The molecule has 0 aromatic carbocycles. The lowest BCUT2D eigenvalue weighted by molar-refractivity contribution is -0.145. The SMILES string of the molecule is CCNc1cc(SCC(C)CO)nc(C(F)(F)F)n1. The Labute approximate surface area is 113 Å². The first-order chi connectivity index (χ1) is 8.86. The lowest BCUT2D eigenvalue weighted by Crippen LogP contribution is -2.14. The monoisotopic (exact) mass is 295 g/mol. The number of aromatic nitrogens is 2. The number of halogens is 3. The molecule has 2 N–H and O–H groups in total. The summed E-state index contributed by atoms with van der Waals surface area (Å²) in [7, 11) is 0. The van der Waals surface area contributed by atoms with E-state index >= 15 is 0 Å². The molecule has 108 valence electrons. The van der Waals surface area contributed by atoms with Crippen LogP contribution in [-0.4, -0.2) is 34.0 Å². The van der Waals surface area contributed by atoms with Gasteiger partial charge in [0.1, 0.15) is 10.8 Å². The summed E-state index contributed by atoms with van der Waals surface area (Å²) in [4.78, 5) is 6.93. The highest BCUT2D eigenvalue weighted by Crippen LogP contribution is 2.30. The van der Waals surface area contributed by atoms with Gasteiger partial charge in [-0.25, -0.2) is 9.97 Å². The third-order valence-electron chi connectivity index (χ3n) is 2.14. The van der Waals surface area contributed by atoms with E-state index in [1.165, 1.54) is 17.8 Å². The molecule has 0 aliphatic rings. The minimum absolute atomic E-state index is 0.00288. The number of nitrogens with one attached hydrogen (secondary N) is 1. The summed E-state index contributed by atoms with van der Waals surface area (Å²) in [6.45, 7) is 4.05. The third kappa shape index (κ3) is 5.23. The number of thioether (sulfide) groups is 1. The number of rotatable bonds is 6. The zero-order valence-electron chi connectivity index (χ0n) is 10.7. The predicted octanol–water partition coefficient (Wildman–Crippen LogP) is 2.65. The van der Waals surface area contributed by atoms with E-state index in [-0.39, 0.29) is 23.4 Å². The molecule has 1 atom stereocenters. The summed E-state index contributed by atoms with van der Waals surface area (Å²) in [5, 5.41) is 11.9. The molecule has 1 rings (SSSR count). The molecule has 0 spiro atoms. The Balaban J connectivity index is 2.93. The summed E-state index contributed by atoms with van der Waals surface area (Å²) in [6.07, 6.45) is -4.57. The highest BCUT2D eigenvalue weighted by Gasteiger charge is 2.35. The van der Waals surface area contributed by atoms with Crippen LogP contribution in [0.5, 0.6) is 0 Å². The molecule has 0 aliphatic heterocycles. The molecular weight excluding hydrogens is 279 g/mol. The van der Waals surface area contributed by atoms with Crippen LogP contribution in [0.1, 0.15) is 19.7 Å². The van der Waals surface area contributed by atoms with Crippen LogP contribution in [0, 0.1) is 5.92 Å². The number of nitrogens with zero attached hydrogens (tertiary/aromatic N) is 2. The van der Waals surface area contributed by atoms with E-state index in [1.54, 1.807) is 6.92 Å². The lowest BCUT2D eigenvalue weighted by Gasteiger charge is -2.11. The Hall–Kier alpha value is -1.02. The first-order valence-corrected chi connectivity index (χ1v) is 6.79. The van der Waals surface area contributed by atoms with Gasteiger partial charge in [-0.1, -0.05) is 6.92 Å². The van der Waals surface area contributed by atoms with Crippen molar-refractivity contribution in [3.63, 3.8) is 0 Å². The fraction of sp³-hybridized carbons (Fsp3) is 0.636. The van der Waals surface area contributed by atoms with E-state index in [0.717, 1.165) is 0 Å². The molecule has 0 saturated heterocycles. The smallest absolute Gasteiger partial charge is 0.396 e. The zero-order chi connectivity index (χ0) is 14.5. The van der Waals surface area contributed by atoms with Crippen LogP contribution in [0.25, 0.3) is 0 Å². The molecule has 8 heteroatoms. The highest BCUT2D eigenvalue weighted by atomic mass is 32.2. The summed E-state index contributed by atoms with van der Waals surface area (Å²) >= 11 is 1.17. The average Bonchev–Trinajstić information content (AvgIpc) is 2.35. The lowest BCUT2D eigenvalue weighted by atomic mass is 10.2. The number of hydrogen-bond acceptors (Lipinski definition) is 5. The number of aliphatic hydroxyl groups excluding tert-OH is 1. The predicted molar refractivity (Wildman–Crippen MR) is 68.2 cm³/mol. The fourth-order valence-electron chi connectivity index (χ4n) is 1.18. The molecule has 0 fully saturated rings. The molecule has 1 unspecified atom stereocenters. The van der Waals surface area contributed by atoms with Crippen LogP contribution in [0.3, 0.4) is 0 Å². The van der Waals surface area contributed by atoms with Crippen LogP contribution in [-0.2, 0) is 6.18 Å². The molecule has 19 heavy (non-hydrogen) atoms. The van der Waals surface area contributed by atoms with Crippen LogP contribution in [0.2, 0.25) is 0 Å². The van der Waals surface area contributed by atoms with Crippen molar-refractivity contribution in [1.29, 1.82) is 0 Å². The van der Waals surface area contributed by atoms with Crippen molar-refractivity contribution in [3.05, 3.63) is 11.9 Å². The van der Waals surface area contributed by atoms with E-state index in [9.17, 15) is 13.2 Å². The number of hydrogen-bond donors (Lipinski definition) is 2. The second kappa shape index (κ2) is 6.95. The Kier molecular flexibility index (Phi) is 5.86. The van der Waals surface area contributed by atoms with E-state index in [2.05, 4.69) is 15.3 Å². The van der Waals surface area contributed by atoms with Gasteiger partial charge < -0.3 is 10.4 Å². The number of anilines is 1. The standard InChI is InChI=1S/C11H16F3N3OS/c1-3-15-8-4-9(19-6-7(2)5-18)17-10(16-8)11(12,13)14/h4,7,18H,3,5-6H2,1-2H3,(H,15,16,17). The van der Waals surface area contributed by atoms with Crippen LogP contribution >= 0.6 is 11.8 Å². The Bertz CT molecular complexity index is 415. The first kappa shape index (κ1) is 16.0. The van der Waals surface area contributed by atoms with Crippen molar-refractivity contribution in [2.45, 2.75) is 25.0 Å². The molecule has 1 heterocycles. The van der Waals surface area contributed by atoms with Gasteiger partial charge in [0.15, 0.2) is 0 Å². The van der Waals surface area contributed by atoms with Gasteiger partial charge in [0.25, 0.3) is 0 Å². The maximum atomic E-state index is 12.7. The molecule has 0 amide bonds. The van der Waals surface area contributed by atoms with Crippen LogP contribution in [0.15, 0.2) is 11.1 Å². The van der Waals surface area contributed by atoms with Crippen molar-refractivity contribution in [1.82, 2.24) is 9.97 Å². The largest absolute Gasteiger partial charge is 0.451 e. The second-order valence-electron chi connectivity index (χ2n) is 4.04. The van der Waals surface area contributed by atoms with Gasteiger partial charge in [0, 0.05) is 25.0 Å². The van der Waals surface area contributed by atoms with E-state index in [4.69, 9.17) is 5.11 Å². The maximum absolute atomic E-state index is 12.7. The molecule has 1 aromatic heterocycles. The van der Waals surface area contributed by atoms with Crippen molar-refractivity contribution >= 4 is 17.6 Å².